The normalized spacial score (nSPS) is 10.9. The van der Waals surface area contributed by atoms with Gasteiger partial charge < -0.3 is 19.2 Å². The summed E-state index contributed by atoms with van der Waals surface area (Å²) in [7, 11) is 4.47. The van der Waals surface area contributed by atoms with Gasteiger partial charge in [-0.25, -0.2) is 4.79 Å². The fraction of sp³-hybridized carbons (Fsp3) is 0.136. The van der Waals surface area contributed by atoms with Crippen molar-refractivity contribution in [2.45, 2.75) is 0 Å². The number of anilines is 1. The van der Waals surface area contributed by atoms with E-state index in [1.54, 1.807) is 42.5 Å². The lowest BCUT2D eigenvalue weighted by Gasteiger charge is -2.13. The highest BCUT2D eigenvalue weighted by Crippen LogP contribution is 2.34. The molecule has 2 aromatic heterocycles. The summed E-state index contributed by atoms with van der Waals surface area (Å²) < 4.78 is 17.3. The molecule has 8 nitrogen and oxygen atoms in total. The van der Waals surface area contributed by atoms with Crippen molar-refractivity contribution in [3.63, 3.8) is 0 Å². The van der Waals surface area contributed by atoms with Gasteiger partial charge in [-0.2, -0.15) is 0 Å². The number of aryl methyl sites for hydroxylation is 1. The Morgan fingerprint density at radius 2 is 1.57 bits per heavy atom. The summed E-state index contributed by atoms with van der Waals surface area (Å²) in [6.45, 7) is 0. The van der Waals surface area contributed by atoms with Crippen molar-refractivity contribution in [3.05, 3.63) is 74.9 Å². The second-order valence-electron chi connectivity index (χ2n) is 6.60. The molecule has 1 amide bonds. The van der Waals surface area contributed by atoms with Crippen molar-refractivity contribution in [2.75, 3.05) is 19.5 Å². The quantitative estimate of drug-likeness (QED) is 0.523. The van der Waals surface area contributed by atoms with E-state index in [-0.39, 0.29) is 17.0 Å². The molecule has 1 N–H and O–H groups in total. The van der Waals surface area contributed by atoms with Crippen LogP contribution in [0.4, 0.5) is 5.69 Å². The third-order valence-corrected chi connectivity index (χ3v) is 4.87. The van der Waals surface area contributed by atoms with Crippen LogP contribution in [-0.2, 0) is 7.05 Å². The van der Waals surface area contributed by atoms with E-state index in [1.807, 2.05) is 0 Å². The number of carbonyl (C=O) groups is 1. The van der Waals surface area contributed by atoms with Crippen molar-refractivity contribution in [2.24, 2.45) is 7.05 Å². The zero-order valence-electron chi connectivity index (χ0n) is 16.5. The Balaban J connectivity index is 1.97. The van der Waals surface area contributed by atoms with Crippen LogP contribution in [0, 0.1) is 0 Å². The van der Waals surface area contributed by atoms with Crippen LogP contribution in [0.5, 0.6) is 11.5 Å². The number of ether oxygens (including phenoxy) is 2. The second-order valence-corrected chi connectivity index (χ2v) is 6.60. The first-order valence-electron chi connectivity index (χ1n) is 9.03. The minimum absolute atomic E-state index is 0.0360. The number of aromatic nitrogens is 1. The number of pyridine rings is 1. The Morgan fingerprint density at radius 3 is 2.20 bits per heavy atom. The van der Waals surface area contributed by atoms with Gasteiger partial charge in [0.05, 0.1) is 19.6 Å². The third kappa shape index (κ3) is 3.08. The topological polar surface area (TPSA) is 99.8 Å². The molecule has 0 aliphatic rings. The minimum atomic E-state index is -0.762. The number of fused-ring (bicyclic) bond motifs is 3. The Labute approximate surface area is 170 Å². The smallest absolute Gasteiger partial charge is 0.361 e. The summed E-state index contributed by atoms with van der Waals surface area (Å²) in [4.78, 5) is 37.8. The van der Waals surface area contributed by atoms with E-state index in [0.717, 1.165) is 0 Å². The van der Waals surface area contributed by atoms with Crippen LogP contribution in [0.3, 0.4) is 0 Å². The number of rotatable bonds is 4. The lowest BCUT2D eigenvalue weighted by Crippen LogP contribution is -2.21. The van der Waals surface area contributed by atoms with Crippen molar-refractivity contribution in [3.8, 4) is 11.5 Å². The van der Waals surface area contributed by atoms with Crippen molar-refractivity contribution < 1.29 is 18.7 Å². The molecule has 0 unspecified atom stereocenters. The molecule has 0 aliphatic carbocycles. The summed E-state index contributed by atoms with van der Waals surface area (Å²) >= 11 is 0. The molecule has 0 saturated heterocycles. The van der Waals surface area contributed by atoms with E-state index in [9.17, 15) is 14.4 Å². The number of hydrogen-bond donors (Lipinski definition) is 1. The summed E-state index contributed by atoms with van der Waals surface area (Å²) in [5.74, 6) is 0.368. The van der Waals surface area contributed by atoms with Gasteiger partial charge in [-0.1, -0.05) is 18.2 Å². The van der Waals surface area contributed by atoms with E-state index in [2.05, 4.69) is 5.32 Å². The molecule has 2 aromatic carbocycles. The largest absolute Gasteiger partial charge is 0.493 e. The Morgan fingerprint density at radius 1 is 0.933 bits per heavy atom. The average molecular weight is 406 g/mol. The SMILES string of the molecule is COc1cc2c(=O)n(C)c3oc(=O)c(NC(=O)c4ccccc4)cc3c2cc1OC. The first-order chi connectivity index (χ1) is 14.4. The molecule has 4 rings (SSSR count). The van der Waals surface area contributed by atoms with Gasteiger partial charge in [-0.3, -0.25) is 14.2 Å². The molecule has 152 valence electrons. The molecule has 2 heterocycles. The number of hydrogen-bond acceptors (Lipinski definition) is 6. The van der Waals surface area contributed by atoms with E-state index in [0.29, 0.717) is 33.2 Å². The molecule has 0 spiro atoms. The number of methoxy groups -OCH3 is 2. The molecule has 0 atom stereocenters. The van der Waals surface area contributed by atoms with E-state index in [1.165, 1.54) is 31.9 Å². The maximum atomic E-state index is 12.8. The predicted molar refractivity (Wildman–Crippen MR) is 113 cm³/mol. The summed E-state index contributed by atoms with van der Waals surface area (Å²) in [6.07, 6.45) is 0. The van der Waals surface area contributed by atoms with Gasteiger partial charge in [0.15, 0.2) is 11.5 Å². The van der Waals surface area contributed by atoms with Crippen molar-refractivity contribution in [1.82, 2.24) is 4.57 Å². The molecule has 4 aromatic rings. The first kappa shape index (κ1) is 19.3. The summed E-state index contributed by atoms with van der Waals surface area (Å²) in [5.41, 5.74) is -0.675. The maximum absolute atomic E-state index is 12.8. The number of nitrogens with zero attached hydrogens (tertiary/aromatic N) is 1. The van der Waals surface area contributed by atoms with Crippen LogP contribution in [0.2, 0.25) is 0 Å². The Bertz CT molecular complexity index is 1400. The average Bonchev–Trinajstić information content (AvgIpc) is 2.78. The minimum Gasteiger partial charge on any atom is -0.493 e. The predicted octanol–water partition coefficient (Wildman–Crippen LogP) is 2.91. The Kier molecular flexibility index (Phi) is 4.75. The molecule has 8 heteroatoms. The van der Waals surface area contributed by atoms with Crippen LogP contribution in [0.1, 0.15) is 10.4 Å². The number of carbonyl (C=O) groups excluding carboxylic acids is 1. The summed E-state index contributed by atoms with van der Waals surface area (Å²) in [5, 5.41) is 3.91. The Hall–Kier alpha value is -4.07. The van der Waals surface area contributed by atoms with Gasteiger partial charge in [0.2, 0.25) is 5.71 Å². The highest BCUT2D eigenvalue weighted by Gasteiger charge is 2.18. The lowest BCUT2D eigenvalue weighted by molar-refractivity contribution is 0.102. The van der Waals surface area contributed by atoms with Gasteiger partial charge in [0, 0.05) is 23.4 Å². The van der Waals surface area contributed by atoms with Gasteiger partial charge in [-0.15, -0.1) is 0 Å². The summed E-state index contributed by atoms with van der Waals surface area (Å²) in [6, 6.07) is 13.2. The van der Waals surface area contributed by atoms with Gasteiger partial charge in [-0.05, 0) is 30.3 Å². The molecule has 0 bridgehead atoms. The zero-order chi connectivity index (χ0) is 21.4. The standard InChI is InChI=1S/C22H18N2O6/c1-24-20(26)14-11-18(29-3)17(28-2)10-13(14)15-9-16(22(27)30-21(15)24)23-19(25)12-7-5-4-6-8-12/h4-11H,1-3H3,(H,23,25). The van der Waals surface area contributed by atoms with E-state index >= 15 is 0 Å². The van der Waals surface area contributed by atoms with Crippen LogP contribution in [-0.4, -0.2) is 24.7 Å². The number of nitrogens with one attached hydrogen (secondary N) is 1. The van der Waals surface area contributed by atoms with Crippen LogP contribution in [0.15, 0.2) is 62.5 Å². The van der Waals surface area contributed by atoms with Crippen LogP contribution >= 0.6 is 0 Å². The molecule has 0 fully saturated rings. The zero-order valence-corrected chi connectivity index (χ0v) is 16.5. The fourth-order valence-corrected chi connectivity index (χ4v) is 3.33. The molecular weight excluding hydrogens is 388 g/mol. The van der Waals surface area contributed by atoms with Crippen LogP contribution < -0.4 is 26.0 Å². The van der Waals surface area contributed by atoms with Crippen molar-refractivity contribution in [1.29, 1.82) is 0 Å². The lowest BCUT2D eigenvalue weighted by atomic mass is 10.1. The van der Waals surface area contributed by atoms with Gasteiger partial charge in [0.25, 0.3) is 11.5 Å². The second kappa shape index (κ2) is 7.40. The maximum Gasteiger partial charge on any atom is 0.361 e. The number of benzene rings is 2. The van der Waals surface area contributed by atoms with Gasteiger partial charge in [0.1, 0.15) is 5.69 Å². The van der Waals surface area contributed by atoms with Crippen molar-refractivity contribution >= 4 is 33.5 Å². The highest BCUT2D eigenvalue weighted by atomic mass is 16.5. The molecule has 0 radical (unpaired) electrons. The molecule has 0 aliphatic heterocycles. The number of amides is 1. The van der Waals surface area contributed by atoms with E-state index < -0.39 is 11.5 Å². The third-order valence-electron chi connectivity index (χ3n) is 4.87. The van der Waals surface area contributed by atoms with Gasteiger partial charge >= 0.3 is 5.63 Å². The monoisotopic (exact) mass is 406 g/mol. The fourth-order valence-electron chi connectivity index (χ4n) is 3.33. The van der Waals surface area contributed by atoms with E-state index in [4.69, 9.17) is 13.9 Å². The molecular formula is C22H18N2O6. The molecule has 0 saturated carbocycles. The molecule has 30 heavy (non-hydrogen) atoms. The van der Waals surface area contributed by atoms with Crippen LogP contribution in [0.25, 0.3) is 21.9 Å². The first-order valence-corrected chi connectivity index (χ1v) is 9.03. The highest BCUT2D eigenvalue weighted by molar-refractivity contribution is 6.08.